The van der Waals surface area contributed by atoms with Crippen LogP contribution in [-0.4, -0.2) is 55.2 Å². The van der Waals surface area contributed by atoms with Crippen LogP contribution in [0.3, 0.4) is 0 Å². The third-order valence-corrected chi connectivity index (χ3v) is 3.20. The highest BCUT2D eigenvalue weighted by Crippen LogP contribution is 2.05. The Kier molecular flexibility index (Phi) is 8.96. The first-order chi connectivity index (χ1) is 9.23. The van der Waals surface area contributed by atoms with Gasteiger partial charge in [0.15, 0.2) is 0 Å². The maximum Gasteiger partial charge on any atom is 0.315 e. The van der Waals surface area contributed by atoms with Crippen molar-refractivity contribution in [3.8, 4) is 0 Å². The maximum absolute atomic E-state index is 11.8. The monoisotopic (exact) mass is 287 g/mol. The minimum Gasteiger partial charge on any atom is -0.481 e. The lowest BCUT2D eigenvalue weighted by molar-refractivity contribution is -0.141. The third kappa shape index (κ3) is 8.74. The lowest BCUT2D eigenvalue weighted by Gasteiger charge is -2.25. The minimum absolute atomic E-state index is 0.0999. The second kappa shape index (κ2) is 9.58. The number of hydrogen-bond acceptors (Lipinski definition) is 3. The van der Waals surface area contributed by atoms with Crippen LogP contribution in [0.4, 0.5) is 4.79 Å². The van der Waals surface area contributed by atoms with E-state index in [9.17, 15) is 9.59 Å². The van der Waals surface area contributed by atoms with E-state index in [0.717, 1.165) is 6.54 Å². The molecule has 6 nitrogen and oxygen atoms in total. The van der Waals surface area contributed by atoms with Crippen molar-refractivity contribution in [1.82, 2.24) is 15.5 Å². The summed E-state index contributed by atoms with van der Waals surface area (Å²) in [5, 5.41) is 14.5. The molecule has 2 atom stereocenters. The number of likely N-dealkylation sites (N-methyl/N-ethyl adjacent to an activating group) is 1. The van der Waals surface area contributed by atoms with Crippen molar-refractivity contribution in [1.29, 1.82) is 0 Å². The Hall–Kier alpha value is -1.30. The average Bonchev–Trinajstić information content (AvgIpc) is 2.32. The van der Waals surface area contributed by atoms with Gasteiger partial charge in [-0.05, 0) is 32.9 Å². The second-order valence-corrected chi connectivity index (χ2v) is 5.89. The predicted octanol–water partition coefficient (Wildman–Crippen LogP) is 1.37. The summed E-state index contributed by atoms with van der Waals surface area (Å²) in [6.45, 7) is 7.11. The summed E-state index contributed by atoms with van der Waals surface area (Å²) in [4.78, 5) is 24.4. The van der Waals surface area contributed by atoms with Crippen molar-refractivity contribution in [3.05, 3.63) is 0 Å². The standard InChI is InChI=1S/C14H29N3O3/c1-10(2)12(9-17(4)5)16-14(20)15-8-6-7-11(3)13(18)19/h10-12H,6-9H2,1-5H3,(H,18,19)(H2,15,16,20). The molecule has 0 bridgehead atoms. The van der Waals surface area contributed by atoms with E-state index in [1.54, 1.807) is 6.92 Å². The quantitative estimate of drug-likeness (QED) is 0.559. The SMILES string of the molecule is CC(CCCNC(=O)NC(CN(C)C)C(C)C)C(=O)O. The summed E-state index contributed by atoms with van der Waals surface area (Å²) in [7, 11) is 3.95. The van der Waals surface area contributed by atoms with Gasteiger partial charge in [0, 0.05) is 19.1 Å². The third-order valence-electron chi connectivity index (χ3n) is 3.20. The molecule has 0 radical (unpaired) electrons. The molecule has 2 unspecified atom stereocenters. The van der Waals surface area contributed by atoms with Crippen molar-refractivity contribution in [2.24, 2.45) is 11.8 Å². The zero-order valence-corrected chi connectivity index (χ0v) is 13.3. The molecule has 0 aliphatic carbocycles. The van der Waals surface area contributed by atoms with Crippen LogP contribution in [-0.2, 0) is 4.79 Å². The van der Waals surface area contributed by atoms with E-state index in [1.807, 2.05) is 19.0 Å². The molecular formula is C14H29N3O3. The Labute approximate surface area is 121 Å². The van der Waals surface area contributed by atoms with Crippen molar-refractivity contribution in [2.75, 3.05) is 27.2 Å². The van der Waals surface area contributed by atoms with Gasteiger partial charge in [-0.2, -0.15) is 0 Å². The molecule has 6 heteroatoms. The van der Waals surface area contributed by atoms with Gasteiger partial charge in [0.2, 0.25) is 0 Å². The Morgan fingerprint density at radius 3 is 2.25 bits per heavy atom. The highest BCUT2D eigenvalue weighted by Gasteiger charge is 2.16. The number of nitrogens with one attached hydrogen (secondary N) is 2. The maximum atomic E-state index is 11.8. The molecule has 3 N–H and O–H groups in total. The highest BCUT2D eigenvalue weighted by molar-refractivity contribution is 5.74. The van der Waals surface area contributed by atoms with E-state index >= 15 is 0 Å². The molecular weight excluding hydrogens is 258 g/mol. The first-order valence-corrected chi connectivity index (χ1v) is 7.16. The van der Waals surface area contributed by atoms with Crippen LogP contribution < -0.4 is 10.6 Å². The molecule has 20 heavy (non-hydrogen) atoms. The number of carbonyl (C=O) groups excluding carboxylic acids is 1. The number of amides is 2. The molecule has 0 rings (SSSR count). The molecule has 118 valence electrons. The fourth-order valence-electron chi connectivity index (χ4n) is 1.77. The number of nitrogens with zero attached hydrogens (tertiary/aromatic N) is 1. The normalized spacial score (nSPS) is 14.2. The number of carbonyl (C=O) groups is 2. The zero-order chi connectivity index (χ0) is 15.7. The second-order valence-electron chi connectivity index (χ2n) is 5.89. The van der Waals surface area contributed by atoms with Gasteiger partial charge in [0.25, 0.3) is 0 Å². The summed E-state index contributed by atoms with van der Waals surface area (Å²) in [5.41, 5.74) is 0. The average molecular weight is 287 g/mol. The molecule has 0 aromatic rings. The van der Waals surface area contributed by atoms with Crippen LogP contribution in [0.15, 0.2) is 0 Å². The first kappa shape index (κ1) is 18.7. The van der Waals surface area contributed by atoms with Crippen LogP contribution in [0.25, 0.3) is 0 Å². The zero-order valence-electron chi connectivity index (χ0n) is 13.3. The van der Waals surface area contributed by atoms with Crippen LogP contribution in [0.5, 0.6) is 0 Å². The summed E-state index contributed by atoms with van der Waals surface area (Å²) >= 11 is 0. The van der Waals surface area contributed by atoms with Gasteiger partial charge < -0.3 is 20.6 Å². The lowest BCUT2D eigenvalue weighted by Crippen LogP contribution is -2.49. The van der Waals surface area contributed by atoms with Crippen LogP contribution in [0.2, 0.25) is 0 Å². The summed E-state index contributed by atoms with van der Waals surface area (Å²) < 4.78 is 0. The van der Waals surface area contributed by atoms with E-state index in [4.69, 9.17) is 5.11 Å². The van der Waals surface area contributed by atoms with Crippen molar-refractivity contribution < 1.29 is 14.7 Å². The first-order valence-electron chi connectivity index (χ1n) is 7.16. The van der Waals surface area contributed by atoms with E-state index < -0.39 is 5.97 Å². The van der Waals surface area contributed by atoms with E-state index in [1.165, 1.54) is 0 Å². The number of carboxylic acids is 1. The van der Waals surface area contributed by atoms with Gasteiger partial charge in [0.1, 0.15) is 0 Å². The van der Waals surface area contributed by atoms with Gasteiger partial charge in [-0.25, -0.2) is 4.79 Å². The largest absolute Gasteiger partial charge is 0.481 e. The predicted molar refractivity (Wildman–Crippen MR) is 79.7 cm³/mol. The molecule has 0 spiro atoms. The van der Waals surface area contributed by atoms with E-state index in [-0.39, 0.29) is 18.0 Å². The van der Waals surface area contributed by atoms with Crippen molar-refractivity contribution in [2.45, 2.75) is 39.7 Å². The fourth-order valence-corrected chi connectivity index (χ4v) is 1.77. The van der Waals surface area contributed by atoms with Crippen LogP contribution >= 0.6 is 0 Å². The number of carboxylic acid groups (broad SMARTS) is 1. The fraction of sp³-hybridized carbons (Fsp3) is 0.857. The Balaban J connectivity index is 3.94. The van der Waals surface area contributed by atoms with Gasteiger partial charge >= 0.3 is 12.0 Å². The van der Waals surface area contributed by atoms with Crippen LogP contribution in [0.1, 0.15) is 33.6 Å². The Bertz CT molecular complexity index is 306. The Morgan fingerprint density at radius 1 is 1.20 bits per heavy atom. The van der Waals surface area contributed by atoms with Gasteiger partial charge in [-0.1, -0.05) is 20.8 Å². The van der Waals surface area contributed by atoms with Crippen molar-refractivity contribution >= 4 is 12.0 Å². The molecule has 0 saturated heterocycles. The summed E-state index contributed by atoms with van der Waals surface area (Å²) in [6, 6.07) is -0.0866. The molecule has 0 heterocycles. The molecule has 2 amide bonds. The van der Waals surface area contributed by atoms with Gasteiger partial charge in [-0.15, -0.1) is 0 Å². The molecule has 0 aliphatic heterocycles. The lowest BCUT2D eigenvalue weighted by atomic mass is 10.0. The minimum atomic E-state index is -0.791. The molecule has 0 aromatic carbocycles. The van der Waals surface area contributed by atoms with E-state index in [0.29, 0.717) is 25.3 Å². The number of urea groups is 1. The highest BCUT2D eigenvalue weighted by atomic mass is 16.4. The van der Waals surface area contributed by atoms with Gasteiger partial charge in [-0.3, -0.25) is 4.79 Å². The van der Waals surface area contributed by atoms with Crippen molar-refractivity contribution in [3.63, 3.8) is 0 Å². The van der Waals surface area contributed by atoms with Crippen LogP contribution in [0, 0.1) is 11.8 Å². The number of rotatable bonds is 9. The number of aliphatic carboxylic acids is 1. The topological polar surface area (TPSA) is 81.7 Å². The Morgan fingerprint density at radius 2 is 1.80 bits per heavy atom. The summed E-state index contributed by atoms with van der Waals surface area (Å²) in [5.74, 6) is -0.799. The molecule has 0 saturated carbocycles. The smallest absolute Gasteiger partial charge is 0.315 e. The summed E-state index contributed by atoms with van der Waals surface area (Å²) in [6.07, 6.45) is 1.24. The molecule has 0 fully saturated rings. The molecule has 0 aliphatic rings. The molecule has 0 aromatic heterocycles. The number of hydrogen-bond donors (Lipinski definition) is 3. The van der Waals surface area contributed by atoms with Gasteiger partial charge in [0.05, 0.1) is 5.92 Å². The van der Waals surface area contributed by atoms with E-state index in [2.05, 4.69) is 24.5 Å².